The quantitative estimate of drug-likeness (QED) is 0.514. The largest absolute Gasteiger partial charge is 0.492 e. The van der Waals surface area contributed by atoms with Crippen molar-refractivity contribution in [3.8, 4) is 11.5 Å². The molecule has 7 nitrogen and oxygen atoms in total. The first-order chi connectivity index (χ1) is 15.5. The fraction of sp³-hybridized carbons (Fsp3) is 0.375. The van der Waals surface area contributed by atoms with Crippen molar-refractivity contribution in [3.05, 3.63) is 77.8 Å². The summed E-state index contributed by atoms with van der Waals surface area (Å²) in [4.78, 5) is 6.15. The van der Waals surface area contributed by atoms with Gasteiger partial charge in [0.15, 0.2) is 0 Å². The second-order valence-corrected chi connectivity index (χ2v) is 8.59. The summed E-state index contributed by atoms with van der Waals surface area (Å²) >= 11 is 5.91. The zero-order valence-corrected chi connectivity index (χ0v) is 18.6. The summed E-state index contributed by atoms with van der Waals surface area (Å²) in [5.74, 6) is 1.41. The fourth-order valence-electron chi connectivity index (χ4n) is 3.84. The van der Waals surface area contributed by atoms with E-state index in [-0.39, 0.29) is 6.61 Å². The van der Waals surface area contributed by atoms with Gasteiger partial charge in [-0.05, 0) is 48.4 Å². The summed E-state index contributed by atoms with van der Waals surface area (Å²) in [5, 5.41) is 22.2. The molecule has 2 N–H and O–H groups in total. The second-order valence-electron chi connectivity index (χ2n) is 8.16. The van der Waals surface area contributed by atoms with E-state index in [1.54, 1.807) is 36.8 Å². The van der Waals surface area contributed by atoms with Gasteiger partial charge in [0.1, 0.15) is 30.3 Å². The lowest BCUT2D eigenvalue weighted by Gasteiger charge is -2.42. The number of hydrogen-bond acceptors (Lipinski definition) is 6. The molecular weight excluding hydrogens is 430 g/mol. The number of hydrogen-bond donors (Lipinski definition) is 2. The SMILES string of the molecule is O[C@H]1CCN(Cc2cccc(OCCn3ccnc3)c2)C[C@]1(O)COc1ccc(Cl)cc1. The third kappa shape index (κ3) is 6.01. The molecule has 0 unspecified atom stereocenters. The number of ether oxygens (including phenoxy) is 2. The van der Waals surface area contributed by atoms with Crippen molar-refractivity contribution in [2.24, 2.45) is 0 Å². The molecule has 32 heavy (non-hydrogen) atoms. The zero-order chi connectivity index (χ0) is 22.4. The molecule has 2 heterocycles. The molecule has 170 valence electrons. The number of aromatic nitrogens is 2. The van der Waals surface area contributed by atoms with E-state index in [0.29, 0.717) is 43.4 Å². The van der Waals surface area contributed by atoms with Crippen LogP contribution in [0.2, 0.25) is 5.02 Å². The van der Waals surface area contributed by atoms with Gasteiger partial charge in [0.25, 0.3) is 0 Å². The van der Waals surface area contributed by atoms with Crippen LogP contribution < -0.4 is 9.47 Å². The molecule has 0 radical (unpaired) electrons. The summed E-state index contributed by atoms with van der Waals surface area (Å²) < 4.78 is 13.6. The van der Waals surface area contributed by atoms with Gasteiger partial charge in [-0.2, -0.15) is 0 Å². The highest BCUT2D eigenvalue weighted by molar-refractivity contribution is 6.30. The molecular formula is C24H28ClN3O4. The van der Waals surface area contributed by atoms with Crippen molar-refractivity contribution in [2.45, 2.75) is 31.2 Å². The Morgan fingerprint density at radius 2 is 1.97 bits per heavy atom. The Morgan fingerprint density at radius 3 is 2.75 bits per heavy atom. The van der Waals surface area contributed by atoms with Gasteiger partial charge in [-0.25, -0.2) is 4.98 Å². The molecule has 8 heteroatoms. The maximum Gasteiger partial charge on any atom is 0.137 e. The minimum absolute atomic E-state index is 0.00367. The van der Waals surface area contributed by atoms with Crippen LogP contribution in [0.4, 0.5) is 0 Å². The van der Waals surface area contributed by atoms with E-state index in [1.165, 1.54) is 0 Å². The maximum absolute atomic E-state index is 11.1. The molecule has 1 saturated heterocycles. The van der Waals surface area contributed by atoms with Crippen LogP contribution >= 0.6 is 11.6 Å². The number of nitrogens with zero attached hydrogens (tertiary/aromatic N) is 3. The zero-order valence-electron chi connectivity index (χ0n) is 17.8. The van der Waals surface area contributed by atoms with Crippen molar-refractivity contribution in [3.63, 3.8) is 0 Å². The molecule has 0 spiro atoms. The van der Waals surface area contributed by atoms with Crippen LogP contribution in [0, 0.1) is 0 Å². The first-order valence-electron chi connectivity index (χ1n) is 10.7. The van der Waals surface area contributed by atoms with Gasteiger partial charge in [0.2, 0.25) is 0 Å². The molecule has 0 amide bonds. The van der Waals surface area contributed by atoms with Gasteiger partial charge in [0, 0.05) is 37.1 Å². The Balaban J connectivity index is 1.32. The van der Waals surface area contributed by atoms with E-state index in [1.807, 2.05) is 35.0 Å². The topological polar surface area (TPSA) is 80.0 Å². The van der Waals surface area contributed by atoms with Gasteiger partial charge in [0.05, 0.1) is 19.0 Å². The normalized spacial score (nSPS) is 21.4. The monoisotopic (exact) mass is 457 g/mol. The second kappa shape index (κ2) is 10.4. The number of piperidine rings is 1. The molecule has 3 aromatic rings. The summed E-state index contributed by atoms with van der Waals surface area (Å²) in [6.45, 7) is 2.94. The lowest BCUT2D eigenvalue weighted by atomic mass is 9.90. The Morgan fingerprint density at radius 1 is 1.12 bits per heavy atom. The Bertz CT molecular complexity index is 983. The average molecular weight is 458 g/mol. The Hall–Kier alpha value is -2.58. The third-order valence-electron chi connectivity index (χ3n) is 5.62. The lowest BCUT2D eigenvalue weighted by molar-refractivity contribution is -0.140. The highest BCUT2D eigenvalue weighted by atomic mass is 35.5. The minimum Gasteiger partial charge on any atom is -0.492 e. The summed E-state index contributed by atoms with van der Waals surface area (Å²) in [5.41, 5.74) is -0.265. The van der Waals surface area contributed by atoms with Crippen LogP contribution in [0.3, 0.4) is 0 Å². The Labute approximate surface area is 192 Å². The van der Waals surface area contributed by atoms with E-state index in [9.17, 15) is 10.2 Å². The van der Waals surface area contributed by atoms with Gasteiger partial charge < -0.3 is 24.3 Å². The van der Waals surface area contributed by atoms with E-state index in [0.717, 1.165) is 17.9 Å². The standard InChI is InChI=1S/C24H28ClN3O4/c25-20-4-6-21(7-5-20)32-17-24(30)16-28(10-8-23(24)29)15-19-2-1-3-22(14-19)31-13-12-27-11-9-26-18-27/h1-7,9,11,14,18,23,29-30H,8,10,12-13,15-17H2/t23-,24-/m0/s1. The van der Waals surface area contributed by atoms with E-state index in [2.05, 4.69) is 9.88 Å². The van der Waals surface area contributed by atoms with Crippen molar-refractivity contribution in [1.82, 2.24) is 14.5 Å². The van der Waals surface area contributed by atoms with Gasteiger partial charge in [-0.1, -0.05) is 23.7 Å². The van der Waals surface area contributed by atoms with Crippen molar-refractivity contribution < 1.29 is 19.7 Å². The average Bonchev–Trinajstić information content (AvgIpc) is 3.30. The van der Waals surface area contributed by atoms with Gasteiger partial charge in [-0.3, -0.25) is 4.90 Å². The maximum atomic E-state index is 11.1. The number of imidazole rings is 1. The number of rotatable bonds is 9. The molecule has 2 aromatic carbocycles. The molecule has 2 atom stereocenters. The highest BCUT2D eigenvalue weighted by Crippen LogP contribution is 2.26. The third-order valence-corrected chi connectivity index (χ3v) is 5.87. The summed E-state index contributed by atoms with van der Waals surface area (Å²) in [7, 11) is 0. The molecule has 0 saturated carbocycles. The number of halogens is 1. The van der Waals surface area contributed by atoms with Crippen LogP contribution in [0.15, 0.2) is 67.3 Å². The van der Waals surface area contributed by atoms with E-state index < -0.39 is 11.7 Å². The number of aliphatic hydroxyl groups is 2. The predicted octanol–water partition coefficient (Wildman–Crippen LogP) is 2.99. The van der Waals surface area contributed by atoms with Crippen molar-refractivity contribution in [1.29, 1.82) is 0 Å². The van der Waals surface area contributed by atoms with Crippen LogP contribution in [0.1, 0.15) is 12.0 Å². The summed E-state index contributed by atoms with van der Waals surface area (Å²) in [6.07, 6.45) is 5.05. The van der Waals surface area contributed by atoms with Crippen LogP contribution in [-0.2, 0) is 13.1 Å². The first-order valence-corrected chi connectivity index (χ1v) is 11.1. The molecule has 1 aliphatic rings. The lowest BCUT2D eigenvalue weighted by Crippen LogP contribution is -2.59. The van der Waals surface area contributed by atoms with Crippen LogP contribution in [0.25, 0.3) is 0 Å². The molecule has 1 aromatic heterocycles. The Kier molecular flexibility index (Phi) is 7.32. The van der Waals surface area contributed by atoms with Gasteiger partial charge in [-0.15, -0.1) is 0 Å². The number of benzene rings is 2. The van der Waals surface area contributed by atoms with Gasteiger partial charge >= 0.3 is 0 Å². The van der Waals surface area contributed by atoms with Crippen molar-refractivity contribution >= 4 is 11.6 Å². The molecule has 0 bridgehead atoms. The predicted molar refractivity (Wildman–Crippen MR) is 122 cm³/mol. The highest BCUT2D eigenvalue weighted by Gasteiger charge is 2.42. The smallest absolute Gasteiger partial charge is 0.137 e. The first kappa shape index (κ1) is 22.6. The van der Waals surface area contributed by atoms with E-state index in [4.69, 9.17) is 21.1 Å². The summed E-state index contributed by atoms with van der Waals surface area (Å²) in [6, 6.07) is 14.9. The van der Waals surface area contributed by atoms with Crippen LogP contribution in [0.5, 0.6) is 11.5 Å². The van der Waals surface area contributed by atoms with Crippen molar-refractivity contribution in [2.75, 3.05) is 26.3 Å². The fourth-order valence-corrected chi connectivity index (χ4v) is 3.97. The number of β-amino-alcohol motifs (C(OH)–C–C–N with tert-alkyl or cyclic N) is 1. The minimum atomic E-state index is -1.35. The molecule has 4 rings (SSSR count). The van der Waals surface area contributed by atoms with Crippen LogP contribution in [-0.4, -0.2) is 62.7 Å². The number of likely N-dealkylation sites (tertiary alicyclic amines) is 1. The molecule has 1 fully saturated rings. The molecule has 1 aliphatic heterocycles. The molecule has 0 aliphatic carbocycles. The number of aliphatic hydroxyl groups excluding tert-OH is 1. The van der Waals surface area contributed by atoms with E-state index >= 15 is 0 Å².